The zero-order valence-electron chi connectivity index (χ0n) is 11.6. The van der Waals surface area contributed by atoms with Crippen LogP contribution < -0.4 is 10.6 Å². The van der Waals surface area contributed by atoms with Gasteiger partial charge in [0, 0.05) is 6.04 Å². The van der Waals surface area contributed by atoms with Crippen molar-refractivity contribution in [2.45, 2.75) is 51.5 Å². The predicted molar refractivity (Wildman–Crippen MR) is 71.7 cm³/mol. The van der Waals surface area contributed by atoms with Crippen LogP contribution in [0.1, 0.15) is 45.4 Å². The van der Waals surface area contributed by atoms with Crippen molar-refractivity contribution in [3.8, 4) is 0 Å². The van der Waals surface area contributed by atoms with E-state index >= 15 is 0 Å². The van der Waals surface area contributed by atoms with Crippen LogP contribution in [-0.4, -0.2) is 36.1 Å². The summed E-state index contributed by atoms with van der Waals surface area (Å²) in [6, 6.07) is -0.242. The number of carboxylic acids is 1. The fraction of sp³-hybridized carbons (Fsp3) is 0.857. The highest BCUT2D eigenvalue weighted by Gasteiger charge is 2.43. The zero-order chi connectivity index (χ0) is 13.9. The molecule has 0 aromatic rings. The highest BCUT2D eigenvalue weighted by Crippen LogP contribution is 2.36. The summed E-state index contributed by atoms with van der Waals surface area (Å²) in [6.07, 6.45) is 5.83. The third-order valence-corrected chi connectivity index (χ3v) is 4.45. The van der Waals surface area contributed by atoms with Crippen LogP contribution in [0.5, 0.6) is 0 Å². The van der Waals surface area contributed by atoms with Gasteiger partial charge in [0.1, 0.15) is 0 Å². The molecule has 2 fully saturated rings. The maximum Gasteiger partial charge on any atom is 0.311 e. The Morgan fingerprint density at radius 3 is 2.63 bits per heavy atom. The average molecular weight is 268 g/mol. The quantitative estimate of drug-likeness (QED) is 0.675. The number of aliphatic carboxylic acids is 1. The second kappa shape index (κ2) is 5.90. The first kappa shape index (κ1) is 14.3. The summed E-state index contributed by atoms with van der Waals surface area (Å²) in [7, 11) is 0. The lowest BCUT2D eigenvalue weighted by molar-refractivity contribution is -0.152. The number of carboxylic acid groups (broad SMARTS) is 1. The van der Waals surface area contributed by atoms with Crippen LogP contribution in [0.3, 0.4) is 0 Å². The van der Waals surface area contributed by atoms with Crippen LogP contribution in [0.25, 0.3) is 0 Å². The Labute approximate surface area is 114 Å². The number of carbonyl (C=O) groups excluding carboxylic acids is 1. The number of rotatable bonds is 6. The lowest BCUT2D eigenvalue weighted by atomic mass is 9.71. The van der Waals surface area contributed by atoms with Gasteiger partial charge in [0.05, 0.1) is 12.0 Å². The molecule has 0 heterocycles. The second-order valence-electron chi connectivity index (χ2n) is 6.16. The van der Waals surface area contributed by atoms with E-state index in [0.717, 1.165) is 31.7 Å². The van der Waals surface area contributed by atoms with E-state index in [4.69, 9.17) is 0 Å². The van der Waals surface area contributed by atoms with E-state index in [9.17, 15) is 14.7 Å². The molecule has 5 nitrogen and oxygen atoms in total. The molecule has 0 aromatic heterocycles. The normalized spacial score (nSPS) is 30.9. The van der Waals surface area contributed by atoms with Gasteiger partial charge in [-0.05, 0) is 45.1 Å². The van der Waals surface area contributed by atoms with Gasteiger partial charge in [-0.2, -0.15) is 0 Å². The van der Waals surface area contributed by atoms with Crippen LogP contribution in [0.2, 0.25) is 0 Å². The molecular formula is C14H24N2O3. The Morgan fingerprint density at radius 1 is 1.26 bits per heavy atom. The molecule has 2 unspecified atom stereocenters. The molecular weight excluding hydrogens is 244 g/mol. The third-order valence-electron chi connectivity index (χ3n) is 4.45. The Hall–Kier alpha value is -1.10. The predicted octanol–water partition coefficient (Wildman–Crippen LogP) is 1.14. The molecule has 0 aromatic carbocycles. The van der Waals surface area contributed by atoms with E-state index in [1.165, 1.54) is 12.8 Å². The second-order valence-corrected chi connectivity index (χ2v) is 6.16. The maximum absolute atomic E-state index is 11.9. The van der Waals surface area contributed by atoms with Crippen LogP contribution in [0.15, 0.2) is 0 Å². The molecule has 0 saturated heterocycles. The summed E-state index contributed by atoms with van der Waals surface area (Å²) >= 11 is 0. The molecule has 0 bridgehead atoms. The smallest absolute Gasteiger partial charge is 0.311 e. The molecule has 2 saturated carbocycles. The van der Waals surface area contributed by atoms with Crippen molar-refractivity contribution >= 4 is 11.9 Å². The van der Waals surface area contributed by atoms with Gasteiger partial charge in [0.25, 0.3) is 0 Å². The lowest BCUT2D eigenvalue weighted by Crippen LogP contribution is -2.53. The van der Waals surface area contributed by atoms with Gasteiger partial charge in [-0.1, -0.05) is 12.8 Å². The molecule has 5 heteroatoms. The average Bonchev–Trinajstić information content (AvgIpc) is 3.16. The van der Waals surface area contributed by atoms with E-state index in [-0.39, 0.29) is 11.9 Å². The summed E-state index contributed by atoms with van der Waals surface area (Å²) in [5.41, 5.74) is -0.815. The Morgan fingerprint density at radius 2 is 2.00 bits per heavy atom. The molecule has 2 aliphatic rings. The van der Waals surface area contributed by atoms with Crippen LogP contribution in [0, 0.1) is 11.3 Å². The molecule has 108 valence electrons. The molecule has 3 N–H and O–H groups in total. The van der Waals surface area contributed by atoms with Crippen LogP contribution >= 0.6 is 0 Å². The summed E-state index contributed by atoms with van der Waals surface area (Å²) < 4.78 is 0. The standard InChI is InChI=1S/C14H24N2O3/c1-14(13(18)19)7-3-2-4-11(14)16-12(17)9-15-8-10-5-6-10/h10-11,15H,2-9H2,1H3,(H,16,17)(H,18,19). The summed E-state index contributed by atoms with van der Waals surface area (Å²) in [6.45, 7) is 2.94. The molecule has 0 aliphatic heterocycles. The Bertz CT molecular complexity index is 355. The van der Waals surface area contributed by atoms with Gasteiger partial charge < -0.3 is 15.7 Å². The third kappa shape index (κ3) is 3.69. The SMILES string of the molecule is CC1(C(=O)O)CCCCC1NC(=O)CNCC1CC1. The molecule has 2 rings (SSSR count). The first-order valence-electron chi connectivity index (χ1n) is 7.26. The Balaban J connectivity index is 1.80. The van der Waals surface area contributed by atoms with Crippen molar-refractivity contribution in [3.05, 3.63) is 0 Å². The van der Waals surface area contributed by atoms with Crippen molar-refractivity contribution < 1.29 is 14.7 Å². The van der Waals surface area contributed by atoms with Gasteiger partial charge in [-0.15, -0.1) is 0 Å². The molecule has 0 spiro atoms. The van der Waals surface area contributed by atoms with Gasteiger partial charge >= 0.3 is 5.97 Å². The van der Waals surface area contributed by atoms with E-state index in [2.05, 4.69) is 10.6 Å². The van der Waals surface area contributed by atoms with Crippen LogP contribution in [0.4, 0.5) is 0 Å². The minimum atomic E-state index is -0.815. The Kier molecular flexibility index (Phi) is 4.45. The fourth-order valence-electron chi connectivity index (χ4n) is 2.78. The minimum Gasteiger partial charge on any atom is -0.481 e. The van der Waals surface area contributed by atoms with Crippen molar-refractivity contribution in [2.75, 3.05) is 13.1 Å². The number of hydrogen-bond donors (Lipinski definition) is 3. The van der Waals surface area contributed by atoms with E-state index in [1.807, 2.05) is 0 Å². The van der Waals surface area contributed by atoms with Gasteiger partial charge in [-0.3, -0.25) is 9.59 Å². The topological polar surface area (TPSA) is 78.4 Å². The molecule has 2 atom stereocenters. The maximum atomic E-state index is 11.9. The number of carbonyl (C=O) groups is 2. The lowest BCUT2D eigenvalue weighted by Gasteiger charge is -2.38. The van der Waals surface area contributed by atoms with Crippen molar-refractivity contribution in [1.29, 1.82) is 0 Å². The fourth-order valence-corrected chi connectivity index (χ4v) is 2.78. The highest BCUT2D eigenvalue weighted by atomic mass is 16.4. The number of nitrogens with one attached hydrogen (secondary N) is 2. The largest absolute Gasteiger partial charge is 0.481 e. The summed E-state index contributed by atoms with van der Waals surface area (Å²) in [5, 5.41) is 15.4. The first-order chi connectivity index (χ1) is 9.02. The molecule has 1 amide bonds. The van der Waals surface area contributed by atoms with Gasteiger partial charge in [0.15, 0.2) is 0 Å². The van der Waals surface area contributed by atoms with Crippen molar-refractivity contribution in [3.63, 3.8) is 0 Å². The summed E-state index contributed by atoms with van der Waals surface area (Å²) in [5.74, 6) is -0.143. The minimum absolute atomic E-state index is 0.0833. The van der Waals surface area contributed by atoms with Crippen LogP contribution in [-0.2, 0) is 9.59 Å². The zero-order valence-corrected chi connectivity index (χ0v) is 11.6. The van der Waals surface area contributed by atoms with E-state index in [0.29, 0.717) is 13.0 Å². The molecule has 2 aliphatic carbocycles. The first-order valence-corrected chi connectivity index (χ1v) is 7.26. The monoisotopic (exact) mass is 268 g/mol. The summed E-state index contributed by atoms with van der Waals surface area (Å²) in [4.78, 5) is 23.3. The van der Waals surface area contributed by atoms with Crippen molar-refractivity contribution in [2.24, 2.45) is 11.3 Å². The highest BCUT2D eigenvalue weighted by molar-refractivity contribution is 5.81. The van der Waals surface area contributed by atoms with Gasteiger partial charge in [-0.25, -0.2) is 0 Å². The molecule has 19 heavy (non-hydrogen) atoms. The number of amides is 1. The van der Waals surface area contributed by atoms with Crippen molar-refractivity contribution in [1.82, 2.24) is 10.6 Å². The molecule has 0 radical (unpaired) electrons. The van der Waals surface area contributed by atoms with Gasteiger partial charge in [0.2, 0.25) is 5.91 Å². The number of hydrogen-bond acceptors (Lipinski definition) is 3. The van der Waals surface area contributed by atoms with E-state index < -0.39 is 11.4 Å². The van der Waals surface area contributed by atoms with E-state index in [1.54, 1.807) is 6.92 Å².